The van der Waals surface area contributed by atoms with Crippen molar-refractivity contribution in [3.8, 4) is 0 Å². The van der Waals surface area contributed by atoms with Crippen LogP contribution in [0, 0.1) is 34.5 Å². The average Bonchev–Trinajstić information content (AvgIpc) is 2.74. The number of hydrogen-bond donors (Lipinski definition) is 0. The summed E-state index contributed by atoms with van der Waals surface area (Å²) in [5, 5.41) is 0. The maximum absolute atomic E-state index is 15.0. The van der Waals surface area contributed by atoms with Gasteiger partial charge in [0, 0.05) is 24.2 Å². The smallest absolute Gasteiger partial charge is 0.251 e. The van der Waals surface area contributed by atoms with Crippen molar-refractivity contribution < 1.29 is 13.6 Å². The summed E-state index contributed by atoms with van der Waals surface area (Å²) in [6.07, 6.45) is 7.19. The molecule has 0 aliphatic heterocycles. The van der Waals surface area contributed by atoms with Gasteiger partial charge in [0.1, 0.15) is 5.78 Å². The first-order valence-electron chi connectivity index (χ1n) is 9.20. The van der Waals surface area contributed by atoms with Crippen LogP contribution in [0.25, 0.3) is 0 Å². The molecule has 4 rings (SSSR count). The molecule has 0 spiro atoms. The number of alkyl halides is 2. The third kappa shape index (κ3) is 1.77. The van der Waals surface area contributed by atoms with E-state index in [0.29, 0.717) is 24.5 Å². The summed E-state index contributed by atoms with van der Waals surface area (Å²) in [6.45, 7) is 4.22. The average molecular weight is 310 g/mol. The zero-order chi connectivity index (χ0) is 15.8. The fraction of sp³-hybridized carbons (Fsp3) is 0.947. The second-order valence-electron chi connectivity index (χ2n) is 9.06. The van der Waals surface area contributed by atoms with Gasteiger partial charge in [-0.2, -0.15) is 0 Å². The number of hydrogen-bond acceptors (Lipinski definition) is 1. The topological polar surface area (TPSA) is 17.1 Å². The highest BCUT2D eigenvalue weighted by Crippen LogP contribution is 2.68. The first-order valence-corrected chi connectivity index (χ1v) is 9.20. The number of Topliss-reactive ketones (excluding diaryl/α,β-unsaturated/α-hetero) is 1. The molecule has 0 N–H and O–H groups in total. The van der Waals surface area contributed by atoms with Gasteiger partial charge in [-0.05, 0) is 55.3 Å². The molecule has 0 aromatic heterocycles. The molecule has 0 heterocycles. The summed E-state index contributed by atoms with van der Waals surface area (Å²) in [7, 11) is 0. The highest BCUT2D eigenvalue weighted by molar-refractivity contribution is 5.87. The van der Waals surface area contributed by atoms with Crippen LogP contribution in [0.1, 0.15) is 71.6 Å². The highest BCUT2D eigenvalue weighted by atomic mass is 19.3. The Kier molecular flexibility index (Phi) is 3.11. The first-order chi connectivity index (χ1) is 10.3. The predicted octanol–water partition coefficient (Wildman–Crippen LogP) is 5.23. The van der Waals surface area contributed by atoms with Crippen LogP contribution in [0.2, 0.25) is 0 Å². The normalized spacial score (nSPS) is 53.5. The summed E-state index contributed by atoms with van der Waals surface area (Å²) in [4.78, 5) is 12.3. The molecule has 0 aromatic rings. The Hall–Kier alpha value is -0.470. The van der Waals surface area contributed by atoms with Crippen molar-refractivity contribution in [2.24, 2.45) is 34.5 Å². The molecule has 4 saturated carbocycles. The Morgan fingerprint density at radius 3 is 2.55 bits per heavy atom. The van der Waals surface area contributed by atoms with Crippen LogP contribution in [0.15, 0.2) is 0 Å². The molecular formula is C19H28F2O. The molecule has 5 unspecified atom stereocenters. The van der Waals surface area contributed by atoms with Gasteiger partial charge in [-0.1, -0.05) is 26.7 Å². The fourth-order valence-electron chi connectivity index (χ4n) is 7.11. The van der Waals surface area contributed by atoms with Crippen LogP contribution in [0.5, 0.6) is 0 Å². The third-order valence-electron chi connectivity index (χ3n) is 8.27. The minimum atomic E-state index is -2.53. The molecule has 1 nitrogen and oxygen atoms in total. The Morgan fingerprint density at radius 2 is 1.77 bits per heavy atom. The van der Waals surface area contributed by atoms with E-state index in [1.54, 1.807) is 0 Å². The van der Waals surface area contributed by atoms with Crippen LogP contribution in [0.3, 0.4) is 0 Å². The maximum atomic E-state index is 15.0. The molecule has 0 aromatic carbocycles. The second kappa shape index (κ2) is 4.54. The van der Waals surface area contributed by atoms with Crippen molar-refractivity contribution in [2.75, 3.05) is 0 Å². The highest BCUT2D eigenvalue weighted by Gasteiger charge is 2.66. The maximum Gasteiger partial charge on any atom is 0.251 e. The van der Waals surface area contributed by atoms with Gasteiger partial charge in [0.15, 0.2) is 0 Å². The van der Waals surface area contributed by atoms with Crippen molar-refractivity contribution >= 4 is 5.78 Å². The molecule has 3 heteroatoms. The minimum Gasteiger partial charge on any atom is -0.299 e. The molecule has 6 atom stereocenters. The minimum absolute atomic E-state index is 0.0471. The summed E-state index contributed by atoms with van der Waals surface area (Å²) in [5.74, 6) is -1.91. The van der Waals surface area contributed by atoms with Crippen molar-refractivity contribution in [1.82, 2.24) is 0 Å². The quantitative estimate of drug-likeness (QED) is 0.598. The third-order valence-corrected chi connectivity index (χ3v) is 8.27. The fourth-order valence-corrected chi connectivity index (χ4v) is 7.11. The predicted molar refractivity (Wildman–Crippen MR) is 81.7 cm³/mol. The number of carbonyl (C=O) groups is 1. The van der Waals surface area contributed by atoms with Crippen molar-refractivity contribution in [3.05, 3.63) is 0 Å². The molecule has 0 saturated heterocycles. The molecule has 4 fully saturated rings. The zero-order valence-electron chi connectivity index (χ0n) is 13.8. The monoisotopic (exact) mass is 310 g/mol. The standard InChI is InChI=1S/C19H28F2O/c1-17-9-4-3-5-15(17)19(20,21)11-12-13-6-7-16(22)18(13,2)10-8-14(12)17/h12-15H,3-11H2,1-2H3/t12?,13?,14?,15-,17?,18?/m0/s1. The van der Waals surface area contributed by atoms with Gasteiger partial charge in [-0.15, -0.1) is 0 Å². The summed E-state index contributed by atoms with van der Waals surface area (Å²) in [5.41, 5.74) is -0.493. The van der Waals surface area contributed by atoms with Crippen LogP contribution in [0.4, 0.5) is 8.78 Å². The van der Waals surface area contributed by atoms with Crippen molar-refractivity contribution in [2.45, 2.75) is 77.6 Å². The Bertz CT molecular complexity index is 502. The molecule has 22 heavy (non-hydrogen) atoms. The van der Waals surface area contributed by atoms with E-state index in [1.807, 2.05) is 0 Å². The van der Waals surface area contributed by atoms with E-state index in [0.717, 1.165) is 38.5 Å². The van der Waals surface area contributed by atoms with Gasteiger partial charge in [-0.3, -0.25) is 4.79 Å². The van der Waals surface area contributed by atoms with Gasteiger partial charge in [0.25, 0.3) is 5.92 Å². The van der Waals surface area contributed by atoms with Gasteiger partial charge in [0.05, 0.1) is 0 Å². The van der Waals surface area contributed by atoms with Crippen LogP contribution < -0.4 is 0 Å². The van der Waals surface area contributed by atoms with E-state index >= 15 is 0 Å². The van der Waals surface area contributed by atoms with E-state index in [9.17, 15) is 13.6 Å². The number of halogens is 2. The van der Waals surface area contributed by atoms with Crippen LogP contribution in [-0.4, -0.2) is 11.7 Å². The molecule has 4 aliphatic rings. The molecule has 0 bridgehead atoms. The zero-order valence-corrected chi connectivity index (χ0v) is 13.8. The molecule has 0 amide bonds. The van der Waals surface area contributed by atoms with Gasteiger partial charge in [-0.25, -0.2) is 8.78 Å². The largest absolute Gasteiger partial charge is 0.299 e. The van der Waals surface area contributed by atoms with Crippen LogP contribution in [-0.2, 0) is 4.79 Å². The van der Waals surface area contributed by atoms with Gasteiger partial charge in [0.2, 0.25) is 0 Å². The molecule has 4 aliphatic carbocycles. The SMILES string of the molecule is CC12CCC3C(CC(F)(F)[C@H]4CCCCC34C)C1CCC2=O. The summed E-state index contributed by atoms with van der Waals surface area (Å²) < 4.78 is 29.9. The summed E-state index contributed by atoms with van der Waals surface area (Å²) >= 11 is 0. The summed E-state index contributed by atoms with van der Waals surface area (Å²) in [6, 6.07) is 0. The van der Waals surface area contributed by atoms with Crippen LogP contribution >= 0.6 is 0 Å². The lowest BCUT2D eigenvalue weighted by molar-refractivity contribution is -0.222. The Balaban J connectivity index is 1.74. The van der Waals surface area contributed by atoms with Gasteiger partial charge >= 0.3 is 0 Å². The second-order valence-corrected chi connectivity index (χ2v) is 9.06. The Labute approximate surface area is 132 Å². The lowest BCUT2D eigenvalue weighted by Gasteiger charge is -2.61. The van der Waals surface area contributed by atoms with Gasteiger partial charge < -0.3 is 0 Å². The number of carbonyl (C=O) groups excluding carboxylic acids is 1. The number of rotatable bonds is 0. The van der Waals surface area contributed by atoms with E-state index in [-0.39, 0.29) is 29.1 Å². The first kappa shape index (κ1) is 15.1. The van der Waals surface area contributed by atoms with E-state index in [2.05, 4.69) is 13.8 Å². The van der Waals surface area contributed by atoms with Crippen molar-refractivity contribution in [3.63, 3.8) is 0 Å². The van der Waals surface area contributed by atoms with E-state index in [4.69, 9.17) is 0 Å². The van der Waals surface area contributed by atoms with Crippen molar-refractivity contribution in [1.29, 1.82) is 0 Å². The lowest BCUT2D eigenvalue weighted by atomic mass is 9.44. The number of fused-ring (bicyclic) bond motifs is 5. The molecular weight excluding hydrogens is 282 g/mol. The molecule has 0 radical (unpaired) electrons. The lowest BCUT2D eigenvalue weighted by Crippen LogP contribution is -2.59. The molecule has 124 valence electrons. The number of ketones is 1. The Morgan fingerprint density at radius 1 is 1.00 bits per heavy atom. The van der Waals surface area contributed by atoms with E-state index < -0.39 is 11.8 Å². The van der Waals surface area contributed by atoms with E-state index in [1.165, 1.54) is 0 Å².